The largest absolute Gasteiger partial charge is 0.444 e. The molecule has 204 valence electrons. The van der Waals surface area contributed by atoms with E-state index >= 15 is 0 Å². The summed E-state index contributed by atoms with van der Waals surface area (Å²) in [4.78, 5) is 15.5. The van der Waals surface area contributed by atoms with E-state index in [-0.39, 0.29) is 29.3 Å². The molecular weight excluding hydrogens is 490 g/mol. The van der Waals surface area contributed by atoms with Crippen LogP contribution < -0.4 is 0 Å². The van der Waals surface area contributed by atoms with Crippen LogP contribution in [-0.2, 0) is 19.0 Å². The molecular formula is C28H47NO5SSi. The number of piperidine rings is 1. The molecule has 36 heavy (non-hydrogen) atoms. The monoisotopic (exact) mass is 537 g/mol. The number of amides is 1. The van der Waals surface area contributed by atoms with Crippen LogP contribution in [0.4, 0.5) is 4.79 Å². The highest BCUT2D eigenvalue weighted by Gasteiger charge is 2.45. The van der Waals surface area contributed by atoms with Gasteiger partial charge in [-0.15, -0.1) is 0 Å². The minimum atomic E-state index is -3.43. The van der Waals surface area contributed by atoms with Crippen molar-refractivity contribution < 1.29 is 22.4 Å². The Morgan fingerprint density at radius 3 is 2.25 bits per heavy atom. The number of carbonyl (C=O) groups is 1. The van der Waals surface area contributed by atoms with Crippen molar-refractivity contribution in [2.24, 2.45) is 0 Å². The van der Waals surface area contributed by atoms with Crippen LogP contribution in [-0.4, -0.2) is 51.5 Å². The van der Waals surface area contributed by atoms with E-state index < -0.39 is 23.8 Å². The summed E-state index contributed by atoms with van der Waals surface area (Å²) >= 11 is 0. The van der Waals surface area contributed by atoms with Gasteiger partial charge in [-0.25, -0.2) is 13.2 Å². The first-order valence-electron chi connectivity index (χ1n) is 13.1. The van der Waals surface area contributed by atoms with E-state index in [2.05, 4.69) is 40.8 Å². The number of hydrogen-bond acceptors (Lipinski definition) is 5. The molecule has 1 saturated heterocycles. The number of nitrogens with zero attached hydrogens (tertiary/aromatic N) is 1. The molecule has 1 heterocycles. The lowest BCUT2D eigenvalue weighted by atomic mass is 9.91. The Balaban J connectivity index is 2.09. The van der Waals surface area contributed by atoms with Gasteiger partial charge in [0.05, 0.1) is 17.0 Å². The summed E-state index contributed by atoms with van der Waals surface area (Å²) in [5.41, 5.74) is -0.580. The molecule has 8 heteroatoms. The van der Waals surface area contributed by atoms with E-state index in [1.165, 1.54) is 5.41 Å². The smallest absolute Gasteiger partial charge is 0.410 e. The number of benzene rings is 1. The third-order valence-corrected chi connectivity index (χ3v) is 13.3. The van der Waals surface area contributed by atoms with Crippen molar-refractivity contribution in [3.8, 4) is 0 Å². The Morgan fingerprint density at radius 1 is 1.08 bits per heavy atom. The number of likely N-dealkylation sites (tertiary alicyclic amines) is 1. The standard InChI is InChI=1S/C28H47NO5SSi/c1-22-25(34-36(8,9)28(5,6)7)20-19-23(29(22)26(30)33-27(2,3)4)16-12-11-15-21-35(31,32)24-17-13-10-14-18-24/h10,13-15,17-18,21-23,25H,11-12,16,19-20H2,1-9H3/b21-15+/t22-,23-,25+/m0/s1. The van der Waals surface area contributed by atoms with Crippen molar-refractivity contribution in [3.63, 3.8) is 0 Å². The molecule has 2 rings (SSSR count). The second-order valence-electron chi connectivity index (χ2n) is 12.4. The fourth-order valence-corrected chi connectivity index (χ4v) is 6.74. The number of unbranched alkanes of at least 4 members (excludes halogenated alkanes) is 1. The summed E-state index contributed by atoms with van der Waals surface area (Å²) in [7, 11) is -5.43. The van der Waals surface area contributed by atoms with Crippen molar-refractivity contribution in [3.05, 3.63) is 41.8 Å². The molecule has 0 bridgehead atoms. The average Bonchev–Trinajstić information content (AvgIpc) is 2.73. The molecule has 1 aliphatic rings. The van der Waals surface area contributed by atoms with Gasteiger partial charge >= 0.3 is 6.09 Å². The Labute approximate surface area is 220 Å². The number of rotatable bonds is 8. The third-order valence-electron chi connectivity index (χ3n) is 7.27. The lowest BCUT2D eigenvalue weighted by Crippen LogP contribution is -2.59. The van der Waals surface area contributed by atoms with Gasteiger partial charge in [0.15, 0.2) is 18.2 Å². The third kappa shape index (κ3) is 8.45. The van der Waals surface area contributed by atoms with E-state index in [1.54, 1.807) is 36.4 Å². The Morgan fingerprint density at radius 2 is 1.69 bits per heavy atom. The zero-order valence-electron chi connectivity index (χ0n) is 23.7. The number of hydrogen-bond donors (Lipinski definition) is 0. The van der Waals surface area contributed by atoms with Crippen molar-refractivity contribution in [1.82, 2.24) is 4.90 Å². The fourth-order valence-electron chi connectivity index (χ4n) is 4.23. The average molecular weight is 538 g/mol. The lowest BCUT2D eigenvalue weighted by Gasteiger charge is -2.48. The zero-order chi connectivity index (χ0) is 27.4. The molecule has 1 aromatic carbocycles. The topological polar surface area (TPSA) is 72.9 Å². The molecule has 0 radical (unpaired) electrons. The fraction of sp³-hybridized carbons (Fsp3) is 0.679. The molecule has 0 saturated carbocycles. The summed E-state index contributed by atoms with van der Waals surface area (Å²) in [6, 6.07) is 8.38. The van der Waals surface area contributed by atoms with Crippen LogP contribution in [0.5, 0.6) is 0 Å². The normalized spacial score (nSPS) is 22.1. The SMILES string of the molecule is C[C@H]1[C@H](O[Si](C)(C)C(C)(C)C)CC[C@H](CCC/C=C/S(=O)(=O)c2ccccc2)N1C(=O)OC(C)(C)C. The first kappa shape index (κ1) is 30.6. The highest BCUT2D eigenvalue weighted by molar-refractivity contribution is 7.94. The molecule has 3 atom stereocenters. The van der Waals surface area contributed by atoms with E-state index in [1.807, 2.05) is 25.7 Å². The second-order valence-corrected chi connectivity index (χ2v) is 19.0. The van der Waals surface area contributed by atoms with Crippen LogP contribution in [0.25, 0.3) is 0 Å². The summed E-state index contributed by atoms with van der Waals surface area (Å²) < 4.78 is 37.5. The predicted octanol–water partition coefficient (Wildman–Crippen LogP) is 7.32. The van der Waals surface area contributed by atoms with Crippen LogP contribution in [0.3, 0.4) is 0 Å². The van der Waals surface area contributed by atoms with Crippen LogP contribution >= 0.6 is 0 Å². The van der Waals surface area contributed by atoms with Crippen molar-refractivity contribution in [2.75, 3.05) is 0 Å². The zero-order valence-corrected chi connectivity index (χ0v) is 25.5. The molecule has 1 fully saturated rings. The summed E-state index contributed by atoms with van der Waals surface area (Å²) in [6.45, 7) is 18.9. The van der Waals surface area contributed by atoms with Gasteiger partial charge in [0.25, 0.3) is 0 Å². The van der Waals surface area contributed by atoms with Crippen molar-refractivity contribution in [2.45, 2.75) is 127 Å². The van der Waals surface area contributed by atoms with Crippen LogP contribution in [0, 0.1) is 0 Å². The second kappa shape index (κ2) is 11.8. The summed E-state index contributed by atoms with van der Waals surface area (Å²) in [5.74, 6) is 0. The van der Waals surface area contributed by atoms with Crippen molar-refractivity contribution >= 4 is 24.2 Å². The van der Waals surface area contributed by atoms with Gasteiger partial charge in [0, 0.05) is 11.4 Å². The molecule has 1 amide bonds. The maximum atomic E-state index is 13.3. The van der Waals surface area contributed by atoms with Gasteiger partial charge in [0.2, 0.25) is 0 Å². The highest BCUT2D eigenvalue weighted by atomic mass is 32.2. The van der Waals surface area contributed by atoms with Gasteiger partial charge in [-0.2, -0.15) is 0 Å². The lowest BCUT2D eigenvalue weighted by molar-refractivity contribution is -0.0364. The van der Waals surface area contributed by atoms with Crippen molar-refractivity contribution in [1.29, 1.82) is 0 Å². The Bertz CT molecular complexity index is 993. The molecule has 0 aromatic heterocycles. The van der Waals surface area contributed by atoms with Gasteiger partial charge in [-0.1, -0.05) is 45.0 Å². The molecule has 6 nitrogen and oxygen atoms in total. The Kier molecular flexibility index (Phi) is 10.0. The van der Waals surface area contributed by atoms with Crippen LogP contribution in [0.15, 0.2) is 46.7 Å². The Hall–Kier alpha value is -1.64. The quantitative estimate of drug-likeness (QED) is 0.256. The van der Waals surface area contributed by atoms with Gasteiger partial charge in [-0.3, -0.25) is 4.90 Å². The molecule has 0 unspecified atom stereocenters. The van der Waals surface area contributed by atoms with Crippen LogP contribution in [0.1, 0.15) is 80.6 Å². The summed E-state index contributed by atoms with van der Waals surface area (Å²) in [5, 5.41) is 1.38. The molecule has 0 N–H and O–H groups in total. The number of sulfone groups is 1. The first-order chi connectivity index (χ1) is 16.4. The molecule has 1 aliphatic heterocycles. The van der Waals surface area contributed by atoms with Gasteiger partial charge < -0.3 is 9.16 Å². The summed E-state index contributed by atoms with van der Waals surface area (Å²) in [6.07, 6.45) is 5.33. The maximum Gasteiger partial charge on any atom is 0.410 e. The molecule has 1 aromatic rings. The first-order valence-corrected chi connectivity index (χ1v) is 17.6. The maximum absolute atomic E-state index is 13.3. The molecule has 0 aliphatic carbocycles. The minimum absolute atomic E-state index is 0.0226. The predicted molar refractivity (Wildman–Crippen MR) is 149 cm³/mol. The minimum Gasteiger partial charge on any atom is -0.444 e. The van der Waals surface area contributed by atoms with E-state index in [0.29, 0.717) is 11.3 Å². The number of ether oxygens (including phenoxy) is 1. The van der Waals surface area contributed by atoms with Gasteiger partial charge in [-0.05, 0) is 90.1 Å². The highest BCUT2D eigenvalue weighted by Crippen LogP contribution is 2.40. The van der Waals surface area contributed by atoms with E-state index in [4.69, 9.17) is 9.16 Å². The number of carbonyl (C=O) groups excluding carboxylic acids is 1. The van der Waals surface area contributed by atoms with E-state index in [0.717, 1.165) is 25.7 Å². The van der Waals surface area contributed by atoms with Crippen LogP contribution in [0.2, 0.25) is 18.1 Å². The van der Waals surface area contributed by atoms with Gasteiger partial charge in [0.1, 0.15) is 5.60 Å². The molecule has 0 spiro atoms. The van der Waals surface area contributed by atoms with E-state index in [9.17, 15) is 13.2 Å². The number of allylic oxidation sites excluding steroid dienone is 1.